The summed E-state index contributed by atoms with van der Waals surface area (Å²) in [5.41, 5.74) is 9.94. The van der Waals surface area contributed by atoms with Gasteiger partial charge in [-0.05, 0) is 59.2 Å². The fourth-order valence-electron chi connectivity index (χ4n) is 8.63. The number of allylic oxidation sites excluding steroid dienone is 1. The largest absolute Gasteiger partial charge is 0.409 e. The third kappa shape index (κ3) is 4.73. The van der Waals surface area contributed by atoms with Gasteiger partial charge in [-0.15, -0.1) is 0 Å². The third-order valence-electron chi connectivity index (χ3n) is 11.2. The molecule has 250 valence electrons. The summed E-state index contributed by atoms with van der Waals surface area (Å²) in [5, 5.41) is 3.89. The van der Waals surface area contributed by atoms with E-state index in [0.29, 0.717) is 23.5 Å². The molecule has 0 amide bonds. The summed E-state index contributed by atoms with van der Waals surface area (Å²) in [6, 6.07) is 14.1. The molecule has 0 saturated carbocycles. The molecule has 0 spiro atoms. The van der Waals surface area contributed by atoms with Crippen LogP contribution < -0.4 is 14.6 Å². The molecule has 0 saturated heterocycles. The SMILES string of the molecule is CCCCc1ccc2c3c4[n+](ccc13)C(CC)(CC)C(C[n+]1ccccc1C1=CC(C(F)(F)F)NN1C)=Cc1ccc(F)c(c1-4)C2(C)C. The highest BCUT2D eigenvalue weighted by molar-refractivity contribution is 6.03. The molecule has 1 N–H and O–H groups in total. The van der Waals surface area contributed by atoms with Crippen molar-refractivity contribution >= 4 is 22.5 Å². The summed E-state index contributed by atoms with van der Waals surface area (Å²) in [7, 11) is 1.62. The minimum atomic E-state index is -4.41. The molecule has 2 aromatic carbocycles. The van der Waals surface area contributed by atoms with Crippen LogP contribution in [-0.4, -0.2) is 24.3 Å². The van der Waals surface area contributed by atoms with Crippen LogP contribution in [0.15, 0.2) is 72.6 Å². The minimum Gasteiger partial charge on any atom is -0.305 e. The van der Waals surface area contributed by atoms with Crippen LogP contribution in [0.5, 0.6) is 0 Å². The highest BCUT2D eigenvalue weighted by atomic mass is 19.4. The van der Waals surface area contributed by atoms with E-state index in [4.69, 9.17) is 0 Å². The second-order valence-electron chi connectivity index (χ2n) is 14.1. The number of aromatic nitrogens is 2. The molecule has 3 aliphatic rings. The topological polar surface area (TPSA) is 23.0 Å². The van der Waals surface area contributed by atoms with Crippen LogP contribution in [0.4, 0.5) is 17.6 Å². The number of pyridine rings is 2. The van der Waals surface area contributed by atoms with Crippen LogP contribution in [0.25, 0.3) is 33.8 Å². The summed E-state index contributed by atoms with van der Waals surface area (Å²) in [6.45, 7) is 11.3. The first-order valence-electron chi connectivity index (χ1n) is 17.2. The third-order valence-corrected chi connectivity index (χ3v) is 11.2. The van der Waals surface area contributed by atoms with Crippen molar-refractivity contribution in [2.24, 2.45) is 0 Å². The fourth-order valence-corrected chi connectivity index (χ4v) is 8.63. The van der Waals surface area contributed by atoms with Crippen molar-refractivity contribution in [1.29, 1.82) is 0 Å². The van der Waals surface area contributed by atoms with Crippen LogP contribution in [0.3, 0.4) is 0 Å². The Morgan fingerprint density at radius 3 is 2.42 bits per heavy atom. The highest BCUT2D eigenvalue weighted by Gasteiger charge is 2.51. The Balaban J connectivity index is 1.50. The second-order valence-corrected chi connectivity index (χ2v) is 14.1. The molecule has 7 rings (SSSR count). The van der Waals surface area contributed by atoms with Gasteiger partial charge < -0.3 is 5.01 Å². The number of unbranched alkanes of at least 4 members (excludes halogenated alkanes) is 1. The van der Waals surface area contributed by atoms with Crippen molar-refractivity contribution < 1.29 is 26.7 Å². The number of hydrazine groups is 1. The van der Waals surface area contributed by atoms with Gasteiger partial charge in [0.2, 0.25) is 11.4 Å². The van der Waals surface area contributed by atoms with Gasteiger partial charge in [-0.1, -0.05) is 59.2 Å². The van der Waals surface area contributed by atoms with E-state index in [1.54, 1.807) is 13.1 Å². The summed E-state index contributed by atoms with van der Waals surface area (Å²) >= 11 is 0. The highest BCUT2D eigenvalue weighted by Crippen LogP contribution is 2.52. The molecule has 4 aromatic rings. The Bertz CT molecular complexity index is 2000. The number of halogens is 4. The number of hydrogen-bond donors (Lipinski definition) is 1. The predicted molar refractivity (Wildman–Crippen MR) is 182 cm³/mol. The Morgan fingerprint density at radius 2 is 1.73 bits per heavy atom. The van der Waals surface area contributed by atoms with Gasteiger partial charge in [0.1, 0.15) is 17.6 Å². The van der Waals surface area contributed by atoms with Crippen LogP contribution in [-0.2, 0) is 23.9 Å². The number of hydrogen-bond acceptors (Lipinski definition) is 2. The van der Waals surface area contributed by atoms with Crippen LogP contribution in [0.1, 0.15) is 88.2 Å². The lowest BCUT2D eigenvalue weighted by Crippen LogP contribution is -2.60. The lowest BCUT2D eigenvalue weighted by atomic mass is 9.68. The summed E-state index contributed by atoms with van der Waals surface area (Å²) < 4.78 is 61.9. The monoisotopic (exact) mass is 656 g/mol. The van der Waals surface area contributed by atoms with Crippen LogP contribution >= 0.6 is 0 Å². The van der Waals surface area contributed by atoms with Gasteiger partial charge in [0.05, 0.1) is 16.5 Å². The Hall–Kier alpha value is -4.04. The first kappa shape index (κ1) is 32.5. The van der Waals surface area contributed by atoms with Crippen molar-refractivity contribution in [1.82, 2.24) is 10.4 Å². The molecule has 0 fully saturated rings. The molecule has 48 heavy (non-hydrogen) atoms. The average molecular weight is 657 g/mol. The van der Waals surface area contributed by atoms with Crippen LogP contribution in [0.2, 0.25) is 0 Å². The number of nitrogens with one attached hydrogen (secondary N) is 1. The molecule has 2 aromatic heterocycles. The lowest BCUT2D eigenvalue weighted by Gasteiger charge is -2.36. The fraction of sp³-hybridized carbons (Fsp3) is 0.400. The molecular formula is C40H44F4N4+2. The Kier molecular flexibility index (Phi) is 7.81. The zero-order valence-electron chi connectivity index (χ0n) is 28.6. The summed E-state index contributed by atoms with van der Waals surface area (Å²) in [5.74, 6) is -0.207. The minimum absolute atomic E-state index is 0.207. The van der Waals surface area contributed by atoms with E-state index in [1.165, 1.54) is 27.4 Å². The van der Waals surface area contributed by atoms with Gasteiger partial charge >= 0.3 is 6.18 Å². The van der Waals surface area contributed by atoms with E-state index in [0.717, 1.165) is 60.1 Å². The number of nitrogens with zero attached hydrogens (tertiary/aromatic N) is 3. The van der Waals surface area contributed by atoms with Crippen molar-refractivity contribution in [3.63, 3.8) is 0 Å². The van der Waals surface area contributed by atoms with Gasteiger partial charge in [-0.25, -0.2) is 9.82 Å². The van der Waals surface area contributed by atoms with Crippen molar-refractivity contribution in [3.8, 4) is 11.3 Å². The molecule has 1 atom stereocenters. The van der Waals surface area contributed by atoms with Crippen LogP contribution in [0, 0.1) is 5.82 Å². The molecule has 1 unspecified atom stereocenters. The molecule has 4 nitrogen and oxygen atoms in total. The first-order valence-corrected chi connectivity index (χ1v) is 17.2. The standard InChI is InChI=1S/C40H44F4N4/c1-7-10-13-25-15-17-29-35-28(25)19-21-48-37(35)34-26(16-18-30(41)36(34)38(29,4)5)22-27(39(48,8-2)9-3)24-47-20-12-11-14-31(47)32-23-33(40(42,43)44)45-46(32)6/h11-12,14-23,33,45H,7-10,13,24H2,1-6H3/q+2. The van der Waals surface area contributed by atoms with Gasteiger partial charge in [-0.3, -0.25) is 0 Å². The zero-order chi connectivity index (χ0) is 34.2. The maximum atomic E-state index is 16.2. The van der Waals surface area contributed by atoms with Crippen molar-refractivity contribution in [2.45, 2.75) is 96.4 Å². The van der Waals surface area contributed by atoms with Gasteiger partial charge in [0.15, 0.2) is 24.5 Å². The second kappa shape index (κ2) is 11.5. The number of rotatable bonds is 8. The number of alkyl halides is 3. The molecule has 4 heterocycles. The predicted octanol–water partition coefficient (Wildman–Crippen LogP) is 8.54. The molecule has 8 heteroatoms. The summed E-state index contributed by atoms with van der Waals surface area (Å²) in [4.78, 5) is 0. The molecule has 0 radical (unpaired) electrons. The average Bonchev–Trinajstić information content (AvgIpc) is 3.41. The lowest BCUT2D eigenvalue weighted by molar-refractivity contribution is -0.755. The van der Waals surface area contributed by atoms with E-state index in [9.17, 15) is 13.2 Å². The molecule has 0 bridgehead atoms. The Labute approximate surface area is 280 Å². The van der Waals surface area contributed by atoms with E-state index in [2.05, 4.69) is 75.1 Å². The van der Waals surface area contributed by atoms with Gasteiger partial charge in [0.25, 0.3) is 0 Å². The molecule has 1 aliphatic carbocycles. The maximum absolute atomic E-state index is 16.2. The first-order chi connectivity index (χ1) is 22.9. The zero-order valence-corrected chi connectivity index (χ0v) is 28.6. The van der Waals surface area contributed by atoms with E-state index in [-0.39, 0.29) is 5.82 Å². The smallest absolute Gasteiger partial charge is 0.305 e. The molecule has 2 aliphatic heterocycles. The Morgan fingerprint density at radius 1 is 0.958 bits per heavy atom. The van der Waals surface area contributed by atoms with E-state index < -0.39 is 23.2 Å². The van der Waals surface area contributed by atoms with Crippen molar-refractivity contribution in [3.05, 3.63) is 106 Å². The maximum Gasteiger partial charge on any atom is 0.409 e. The number of benzene rings is 2. The summed E-state index contributed by atoms with van der Waals surface area (Å²) in [6.07, 6.45) is 7.97. The molecular weight excluding hydrogens is 612 g/mol. The van der Waals surface area contributed by atoms with E-state index >= 15 is 4.39 Å². The normalized spacial score (nSPS) is 19.0. The van der Waals surface area contributed by atoms with Crippen molar-refractivity contribution in [2.75, 3.05) is 7.05 Å². The number of aryl methyl sites for hydroxylation is 1. The van der Waals surface area contributed by atoms with E-state index in [1.807, 2.05) is 35.0 Å². The van der Waals surface area contributed by atoms with Gasteiger partial charge in [-0.2, -0.15) is 22.3 Å². The quantitative estimate of drug-likeness (QED) is 0.152. The van der Waals surface area contributed by atoms with Gasteiger partial charge in [0, 0.05) is 49.1 Å².